The Morgan fingerprint density at radius 3 is 2.78 bits per heavy atom. The van der Waals surface area contributed by atoms with Gasteiger partial charge in [-0.05, 0) is 48.1 Å². The summed E-state index contributed by atoms with van der Waals surface area (Å²) in [6.07, 6.45) is 3.32. The van der Waals surface area contributed by atoms with Crippen LogP contribution in [0.5, 0.6) is 0 Å². The fraction of sp³-hybridized carbons (Fsp3) is 0.300. The predicted octanol–water partition coefficient (Wildman–Crippen LogP) is 4.95. The minimum absolute atomic E-state index is 0.132. The number of aliphatic hydroxyl groups is 1. The van der Waals surface area contributed by atoms with Crippen LogP contribution in [0.2, 0.25) is 10.0 Å². The molecular weight excluding hydrogens is 388 g/mol. The van der Waals surface area contributed by atoms with E-state index in [-0.39, 0.29) is 18.0 Å². The lowest BCUT2D eigenvalue weighted by Crippen LogP contribution is -2.37. The number of fused-ring (bicyclic) bond motifs is 1. The molecule has 3 aromatic rings. The van der Waals surface area contributed by atoms with E-state index in [0.717, 1.165) is 30.5 Å². The SMILES string of the molecule is OCC1CCCN(c2ncnc3c(F)ccc(-c4ccc(Cl)c(Cl)c4)c23)C1. The second kappa shape index (κ2) is 7.58. The van der Waals surface area contributed by atoms with Crippen LogP contribution in [0.25, 0.3) is 22.0 Å². The molecule has 0 saturated carbocycles. The Hall–Kier alpha value is -1.95. The highest BCUT2D eigenvalue weighted by Gasteiger charge is 2.24. The Morgan fingerprint density at radius 2 is 2.00 bits per heavy atom. The summed E-state index contributed by atoms with van der Waals surface area (Å²) in [4.78, 5) is 10.8. The number of aromatic nitrogens is 2. The van der Waals surface area contributed by atoms with E-state index in [1.165, 1.54) is 12.4 Å². The molecule has 0 bridgehead atoms. The van der Waals surface area contributed by atoms with E-state index in [1.807, 2.05) is 6.07 Å². The Balaban J connectivity index is 1.92. The summed E-state index contributed by atoms with van der Waals surface area (Å²) in [5.41, 5.74) is 1.89. The van der Waals surface area contributed by atoms with Crippen LogP contribution >= 0.6 is 23.2 Å². The molecule has 2 heterocycles. The monoisotopic (exact) mass is 405 g/mol. The van der Waals surface area contributed by atoms with Gasteiger partial charge in [-0.25, -0.2) is 14.4 Å². The fourth-order valence-corrected chi connectivity index (χ4v) is 3.97. The highest BCUT2D eigenvalue weighted by Crippen LogP contribution is 2.38. The first-order valence-corrected chi connectivity index (χ1v) is 9.58. The molecule has 1 aliphatic rings. The molecule has 0 radical (unpaired) electrons. The van der Waals surface area contributed by atoms with Crippen LogP contribution in [0, 0.1) is 11.7 Å². The molecule has 1 aromatic heterocycles. The average Bonchev–Trinajstić information content (AvgIpc) is 2.70. The molecule has 4 nitrogen and oxygen atoms in total. The molecule has 4 rings (SSSR count). The topological polar surface area (TPSA) is 49.2 Å². The molecule has 0 aliphatic carbocycles. The smallest absolute Gasteiger partial charge is 0.149 e. The molecule has 27 heavy (non-hydrogen) atoms. The zero-order valence-electron chi connectivity index (χ0n) is 14.5. The molecule has 140 valence electrons. The summed E-state index contributed by atoms with van der Waals surface area (Å²) in [6, 6.07) is 8.46. The predicted molar refractivity (Wildman–Crippen MR) is 107 cm³/mol. The molecule has 1 saturated heterocycles. The normalized spacial score (nSPS) is 17.5. The van der Waals surface area contributed by atoms with Gasteiger partial charge in [0.15, 0.2) is 0 Å². The Kier molecular flexibility index (Phi) is 5.17. The maximum Gasteiger partial charge on any atom is 0.149 e. The van der Waals surface area contributed by atoms with Gasteiger partial charge in [0.05, 0.1) is 15.4 Å². The highest BCUT2D eigenvalue weighted by atomic mass is 35.5. The van der Waals surface area contributed by atoms with E-state index in [0.29, 0.717) is 27.8 Å². The second-order valence-corrected chi connectivity index (χ2v) is 7.60. The van der Waals surface area contributed by atoms with Crippen LogP contribution in [0.1, 0.15) is 12.8 Å². The van der Waals surface area contributed by atoms with E-state index in [9.17, 15) is 9.50 Å². The van der Waals surface area contributed by atoms with Crippen molar-refractivity contribution < 1.29 is 9.50 Å². The summed E-state index contributed by atoms with van der Waals surface area (Å²) in [6.45, 7) is 1.62. The van der Waals surface area contributed by atoms with Gasteiger partial charge in [-0.1, -0.05) is 35.3 Å². The zero-order valence-corrected chi connectivity index (χ0v) is 16.0. The van der Waals surface area contributed by atoms with Crippen LogP contribution in [0.3, 0.4) is 0 Å². The minimum Gasteiger partial charge on any atom is -0.396 e. The Bertz CT molecular complexity index is 998. The Morgan fingerprint density at radius 1 is 1.15 bits per heavy atom. The molecule has 1 N–H and O–H groups in total. The van der Waals surface area contributed by atoms with Crippen LogP contribution in [-0.4, -0.2) is 34.8 Å². The van der Waals surface area contributed by atoms with E-state index in [4.69, 9.17) is 23.2 Å². The number of aliphatic hydroxyl groups excluding tert-OH is 1. The van der Waals surface area contributed by atoms with Crippen LogP contribution in [-0.2, 0) is 0 Å². The van der Waals surface area contributed by atoms with Gasteiger partial charge in [0, 0.05) is 19.7 Å². The van der Waals surface area contributed by atoms with Gasteiger partial charge >= 0.3 is 0 Å². The number of benzene rings is 2. The van der Waals surface area contributed by atoms with Crippen molar-refractivity contribution in [3.05, 3.63) is 52.5 Å². The van der Waals surface area contributed by atoms with Gasteiger partial charge in [0.1, 0.15) is 23.5 Å². The first kappa shape index (κ1) is 18.4. The highest BCUT2D eigenvalue weighted by molar-refractivity contribution is 6.42. The average molecular weight is 406 g/mol. The third-order valence-corrected chi connectivity index (χ3v) is 5.77. The van der Waals surface area contributed by atoms with E-state index < -0.39 is 5.82 Å². The molecule has 1 fully saturated rings. The summed E-state index contributed by atoms with van der Waals surface area (Å²) >= 11 is 12.2. The molecular formula is C20H18Cl2FN3O. The van der Waals surface area contributed by atoms with Crippen molar-refractivity contribution >= 4 is 39.9 Å². The number of halogens is 3. The number of anilines is 1. The molecule has 2 aromatic carbocycles. The number of rotatable bonds is 3. The largest absolute Gasteiger partial charge is 0.396 e. The van der Waals surface area contributed by atoms with E-state index >= 15 is 0 Å². The van der Waals surface area contributed by atoms with Crippen LogP contribution in [0.4, 0.5) is 10.2 Å². The third-order valence-electron chi connectivity index (χ3n) is 5.03. The van der Waals surface area contributed by atoms with Crippen molar-refractivity contribution in [1.82, 2.24) is 9.97 Å². The van der Waals surface area contributed by atoms with Gasteiger partial charge in [-0.15, -0.1) is 0 Å². The second-order valence-electron chi connectivity index (χ2n) is 6.78. The maximum absolute atomic E-state index is 14.5. The fourth-order valence-electron chi connectivity index (χ4n) is 3.67. The summed E-state index contributed by atoms with van der Waals surface area (Å²) in [7, 11) is 0. The number of piperidine rings is 1. The molecule has 0 amide bonds. The summed E-state index contributed by atoms with van der Waals surface area (Å²) in [5, 5.41) is 11.1. The first-order chi connectivity index (χ1) is 13.1. The third kappa shape index (κ3) is 3.47. The maximum atomic E-state index is 14.5. The van der Waals surface area contributed by atoms with Crippen LogP contribution < -0.4 is 4.90 Å². The molecule has 0 spiro atoms. The standard InChI is InChI=1S/C20H18Cl2FN3O/c21-15-5-3-13(8-16(15)22)14-4-6-17(23)19-18(14)20(25-11-24-19)26-7-1-2-12(9-26)10-27/h3-6,8,11-12,27H,1-2,7,9-10H2. The zero-order chi connectivity index (χ0) is 19.0. The van der Waals surface area contributed by atoms with Crippen LogP contribution in [0.15, 0.2) is 36.7 Å². The summed E-state index contributed by atoms with van der Waals surface area (Å²) in [5.74, 6) is 0.470. The molecule has 7 heteroatoms. The number of hydrogen-bond donors (Lipinski definition) is 1. The van der Waals surface area contributed by atoms with Crippen molar-refractivity contribution in [2.24, 2.45) is 5.92 Å². The van der Waals surface area contributed by atoms with Gasteiger partial charge in [0.2, 0.25) is 0 Å². The van der Waals surface area contributed by atoms with Crippen molar-refractivity contribution in [3.8, 4) is 11.1 Å². The van der Waals surface area contributed by atoms with E-state index in [1.54, 1.807) is 18.2 Å². The Labute approximate surface area is 166 Å². The lowest BCUT2D eigenvalue weighted by atomic mass is 9.97. The lowest BCUT2D eigenvalue weighted by molar-refractivity contribution is 0.208. The van der Waals surface area contributed by atoms with Gasteiger partial charge in [-0.3, -0.25) is 0 Å². The van der Waals surface area contributed by atoms with Crippen molar-refractivity contribution in [1.29, 1.82) is 0 Å². The van der Waals surface area contributed by atoms with Gasteiger partial charge < -0.3 is 10.0 Å². The molecule has 1 unspecified atom stereocenters. The lowest BCUT2D eigenvalue weighted by Gasteiger charge is -2.33. The van der Waals surface area contributed by atoms with E-state index in [2.05, 4.69) is 14.9 Å². The van der Waals surface area contributed by atoms with Crippen molar-refractivity contribution in [3.63, 3.8) is 0 Å². The quantitative estimate of drug-likeness (QED) is 0.669. The molecule has 1 atom stereocenters. The van der Waals surface area contributed by atoms with Crippen molar-refractivity contribution in [2.45, 2.75) is 12.8 Å². The first-order valence-electron chi connectivity index (χ1n) is 8.83. The molecule has 1 aliphatic heterocycles. The number of hydrogen-bond acceptors (Lipinski definition) is 4. The minimum atomic E-state index is -0.395. The van der Waals surface area contributed by atoms with Crippen molar-refractivity contribution in [2.75, 3.05) is 24.6 Å². The number of nitrogens with zero attached hydrogens (tertiary/aromatic N) is 3. The summed E-state index contributed by atoms with van der Waals surface area (Å²) < 4.78 is 14.5. The van der Waals surface area contributed by atoms with Gasteiger partial charge in [-0.2, -0.15) is 0 Å². The van der Waals surface area contributed by atoms with Gasteiger partial charge in [0.25, 0.3) is 0 Å².